The van der Waals surface area contributed by atoms with Gasteiger partial charge in [0.2, 0.25) is 0 Å². The van der Waals surface area contributed by atoms with Crippen LogP contribution < -0.4 is 14.8 Å². The number of amides is 3. The van der Waals surface area contributed by atoms with E-state index in [2.05, 4.69) is 5.32 Å². The van der Waals surface area contributed by atoms with E-state index in [1.54, 1.807) is 19.1 Å². The fourth-order valence-electron chi connectivity index (χ4n) is 4.13. The first-order valence-electron chi connectivity index (χ1n) is 10.7. The lowest BCUT2D eigenvalue weighted by Crippen LogP contribution is -2.40. The van der Waals surface area contributed by atoms with Gasteiger partial charge >= 0.3 is 6.03 Å². The molecule has 3 aromatic carbocycles. The zero-order chi connectivity index (χ0) is 22.1. The number of benzene rings is 3. The minimum absolute atomic E-state index is 0.208. The monoisotopic (exact) mass is 428 g/mol. The van der Waals surface area contributed by atoms with Crippen molar-refractivity contribution in [2.24, 2.45) is 0 Å². The smallest absolute Gasteiger partial charge is 0.325 e. The number of rotatable bonds is 4. The Morgan fingerprint density at radius 3 is 2.31 bits per heavy atom. The van der Waals surface area contributed by atoms with Crippen molar-refractivity contribution >= 4 is 11.9 Å². The fraction of sp³-hybridized carbons (Fsp3) is 0.231. The van der Waals surface area contributed by atoms with Gasteiger partial charge in [-0.05, 0) is 41.3 Å². The predicted octanol–water partition coefficient (Wildman–Crippen LogP) is 4.48. The highest BCUT2D eigenvalue weighted by Gasteiger charge is 2.49. The lowest BCUT2D eigenvalue weighted by molar-refractivity contribution is -0.131. The Hall–Kier alpha value is -3.80. The summed E-state index contributed by atoms with van der Waals surface area (Å²) in [6, 6.07) is 23.0. The number of carbonyl (C=O) groups excluding carboxylic acids is 2. The maximum absolute atomic E-state index is 13.3. The van der Waals surface area contributed by atoms with Crippen LogP contribution in [0.1, 0.15) is 24.5 Å². The molecule has 1 fully saturated rings. The van der Waals surface area contributed by atoms with Crippen LogP contribution in [0.5, 0.6) is 11.5 Å². The molecule has 3 amide bonds. The lowest BCUT2D eigenvalue weighted by Gasteiger charge is -2.23. The number of hydrogen-bond acceptors (Lipinski definition) is 4. The molecule has 1 atom stereocenters. The minimum atomic E-state index is -1.16. The van der Waals surface area contributed by atoms with Crippen LogP contribution in [0.15, 0.2) is 72.8 Å². The quantitative estimate of drug-likeness (QED) is 0.622. The Bertz CT molecular complexity index is 1160. The molecule has 6 heteroatoms. The SMILES string of the molecule is C[C@@]1(c2ccc3c(c2)OCCCO3)NC(=O)N(Cc2ccc(-c3ccccc3)cc2)C1=O. The van der Waals surface area contributed by atoms with Crippen molar-refractivity contribution < 1.29 is 19.1 Å². The number of urea groups is 1. The number of nitrogens with one attached hydrogen (secondary N) is 1. The predicted molar refractivity (Wildman–Crippen MR) is 120 cm³/mol. The summed E-state index contributed by atoms with van der Waals surface area (Å²) >= 11 is 0. The van der Waals surface area contributed by atoms with Gasteiger partial charge in [0.1, 0.15) is 5.54 Å². The molecule has 1 saturated heterocycles. The van der Waals surface area contributed by atoms with Gasteiger partial charge < -0.3 is 14.8 Å². The molecule has 1 N–H and O–H groups in total. The summed E-state index contributed by atoms with van der Waals surface area (Å²) in [6.07, 6.45) is 0.799. The van der Waals surface area contributed by atoms with E-state index in [4.69, 9.17) is 9.47 Å². The maximum atomic E-state index is 13.3. The van der Waals surface area contributed by atoms with Crippen LogP contribution in [0, 0.1) is 0 Å². The topological polar surface area (TPSA) is 67.9 Å². The van der Waals surface area contributed by atoms with Gasteiger partial charge in [0, 0.05) is 6.42 Å². The summed E-state index contributed by atoms with van der Waals surface area (Å²) < 4.78 is 11.4. The number of nitrogens with zero attached hydrogens (tertiary/aromatic N) is 1. The molecular weight excluding hydrogens is 404 g/mol. The van der Waals surface area contributed by atoms with Crippen molar-refractivity contribution in [1.82, 2.24) is 10.2 Å². The van der Waals surface area contributed by atoms with Gasteiger partial charge in [-0.15, -0.1) is 0 Å². The van der Waals surface area contributed by atoms with Crippen LogP contribution >= 0.6 is 0 Å². The van der Waals surface area contributed by atoms with Crippen molar-refractivity contribution in [2.45, 2.75) is 25.4 Å². The third kappa shape index (κ3) is 3.58. The Labute approximate surface area is 186 Å². The second-order valence-corrected chi connectivity index (χ2v) is 8.22. The van der Waals surface area contributed by atoms with Crippen molar-refractivity contribution in [3.05, 3.63) is 83.9 Å². The molecule has 32 heavy (non-hydrogen) atoms. The summed E-state index contributed by atoms with van der Waals surface area (Å²) in [5.41, 5.74) is 2.60. The van der Waals surface area contributed by atoms with Crippen LogP contribution in [0.25, 0.3) is 11.1 Å². The first-order chi connectivity index (χ1) is 15.5. The van der Waals surface area contributed by atoms with Gasteiger partial charge in [-0.3, -0.25) is 9.69 Å². The summed E-state index contributed by atoms with van der Waals surface area (Å²) in [6.45, 7) is 3.08. The Balaban J connectivity index is 1.36. The van der Waals surface area contributed by atoms with Gasteiger partial charge in [-0.25, -0.2) is 4.79 Å². The molecule has 162 valence electrons. The number of hydrogen-bond donors (Lipinski definition) is 1. The molecule has 0 aliphatic carbocycles. The normalized spacial score (nSPS) is 20.1. The van der Waals surface area contributed by atoms with Crippen molar-refractivity contribution in [2.75, 3.05) is 13.2 Å². The van der Waals surface area contributed by atoms with Crippen LogP contribution in [0.4, 0.5) is 4.79 Å². The molecule has 0 bridgehead atoms. The number of imide groups is 1. The second-order valence-electron chi connectivity index (χ2n) is 8.22. The average Bonchev–Trinajstić information content (AvgIpc) is 2.98. The number of ether oxygens (including phenoxy) is 2. The molecule has 6 nitrogen and oxygen atoms in total. The number of fused-ring (bicyclic) bond motifs is 1. The molecule has 5 rings (SSSR count). The third-order valence-electron chi connectivity index (χ3n) is 6.00. The van der Waals surface area contributed by atoms with Gasteiger partial charge in [-0.2, -0.15) is 0 Å². The van der Waals surface area contributed by atoms with Gasteiger partial charge in [0.25, 0.3) is 5.91 Å². The molecule has 2 aliphatic rings. The van der Waals surface area contributed by atoms with Gasteiger partial charge in [0.15, 0.2) is 11.5 Å². The summed E-state index contributed by atoms with van der Waals surface area (Å²) in [4.78, 5) is 27.4. The summed E-state index contributed by atoms with van der Waals surface area (Å²) in [5.74, 6) is 0.962. The molecule has 0 unspecified atom stereocenters. The van der Waals surface area contributed by atoms with Crippen molar-refractivity contribution in [3.63, 3.8) is 0 Å². The van der Waals surface area contributed by atoms with E-state index in [1.165, 1.54) is 4.90 Å². The first kappa shape index (κ1) is 20.1. The number of carbonyl (C=O) groups is 2. The molecule has 2 heterocycles. The molecule has 0 radical (unpaired) electrons. The lowest BCUT2D eigenvalue weighted by atomic mass is 9.91. The molecular formula is C26H24N2O4. The maximum Gasteiger partial charge on any atom is 0.325 e. The molecule has 0 spiro atoms. The average molecular weight is 428 g/mol. The van der Waals surface area contributed by atoms with Gasteiger partial charge in [-0.1, -0.05) is 60.7 Å². The minimum Gasteiger partial charge on any atom is -0.490 e. The largest absolute Gasteiger partial charge is 0.490 e. The van der Waals surface area contributed by atoms with Crippen LogP contribution in [0.3, 0.4) is 0 Å². The fourth-order valence-corrected chi connectivity index (χ4v) is 4.13. The molecule has 0 aromatic heterocycles. The van der Waals surface area contributed by atoms with E-state index >= 15 is 0 Å². The molecule has 2 aliphatic heterocycles. The second kappa shape index (κ2) is 8.04. The highest BCUT2D eigenvalue weighted by molar-refractivity contribution is 6.07. The Morgan fingerprint density at radius 2 is 1.56 bits per heavy atom. The van der Waals surface area contributed by atoms with Gasteiger partial charge in [0.05, 0.1) is 19.8 Å². The van der Waals surface area contributed by atoms with Crippen molar-refractivity contribution in [3.8, 4) is 22.6 Å². The van der Waals surface area contributed by atoms with Crippen LogP contribution in [0.2, 0.25) is 0 Å². The molecule has 3 aromatic rings. The first-order valence-corrected chi connectivity index (χ1v) is 10.7. The summed E-state index contributed by atoms with van der Waals surface area (Å²) in [5, 5.41) is 2.87. The highest BCUT2D eigenvalue weighted by Crippen LogP contribution is 2.37. The third-order valence-corrected chi connectivity index (χ3v) is 6.00. The van der Waals surface area contributed by atoms with E-state index in [-0.39, 0.29) is 12.5 Å². The highest BCUT2D eigenvalue weighted by atomic mass is 16.5. The Kier molecular flexibility index (Phi) is 5.05. The summed E-state index contributed by atoms with van der Waals surface area (Å²) in [7, 11) is 0. The Morgan fingerprint density at radius 1 is 0.875 bits per heavy atom. The van der Waals surface area contributed by atoms with Crippen LogP contribution in [-0.2, 0) is 16.9 Å². The zero-order valence-corrected chi connectivity index (χ0v) is 17.8. The van der Waals surface area contributed by atoms with E-state index < -0.39 is 11.6 Å². The van der Waals surface area contributed by atoms with E-state index in [0.29, 0.717) is 30.3 Å². The van der Waals surface area contributed by atoms with E-state index in [1.807, 2.05) is 60.7 Å². The van der Waals surface area contributed by atoms with E-state index in [0.717, 1.165) is 23.1 Å². The van der Waals surface area contributed by atoms with Crippen molar-refractivity contribution in [1.29, 1.82) is 0 Å². The standard InChI is InChI=1S/C26H24N2O4/c1-26(21-12-13-22-23(16-21)32-15-5-14-31-22)24(29)28(25(30)27-26)17-18-8-10-20(11-9-18)19-6-3-2-4-7-19/h2-4,6-13,16H,5,14-15,17H2,1H3,(H,27,30)/t26-/m0/s1. The molecule has 0 saturated carbocycles. The van der Waals surface area contributed by atoms with E-state index in [9.17, 15) is 9.59 Å². The zero-order valence-electron chi connectivity index (χ0n) is 17.8. The van der Waals surface area contributed by atoms with Crippen LogP contribution in [-0.4, -0.2) is 30.1 Å².